The molecule has 1 heterocycles. The Labute approximate surface area is 121 Å². The number of benzene rings is 1. The van der Waals surface area contributed by atoms with Gasteiger partial charge in [0.15, 0.2) is 0 Å². The number of carbonyl (C=O) groups excluding carboxylic acids is 1. The predicted molar refractivity (Wildman–Crippen MR) is 79.8 cm³/mol. The van der Waals surface area contributed by atoms with Crippen molar-refractivity contribution in [3.05, 3.63) is 35.4 Å². The van der Waals surface area contributed by atoms with Crippen LogP contribution < -0.4 is 0 Å². The van der Waals surface area contributed by atoms with Gasteiger partial charge in [0.2, 0.25) is 0 Å². The molecule has 3 rings (SSSR count). The van der Waals surface area contributed by atoms with Gasteiger partial charge in [0.05, 0.1) is 5.56 Å². The number of fused-ring (bicyclic) bond motifs is 2. The standard InChI is InChI=1S/C18H24O2/c1-18(2,3)16-12-8-4-5-9-13(12)17(19)20-15-11-7-6-10-14(15)16/h4-5,8-9,14-16H,6-7,10-11H2,1-3H3. The Balaban J connectivity index is 2.14. The van der Waals surface area contributed by atoms with E-state index in [9.17, 15) is 4.79 Å². The molecule has 1 aromatic rings. The van der Waals surface area contributed by atoms with E-state index in [1.54, 1.807) is 0 Å². The highest BCUT2D eigenvalue weighted by molar-refractivity contribution is 5.92. The maximum atomic E-state index is 12.4. The van der Waals surface area contributed by atoms with Crippen molar-refractivity contribution in [1.82, 2.24) is 0 Å². The number of hydrogen-bond acceptors (Lipinski definition) is 2. The van der Waals surface area contributed by atoms with Crippen LogP contribution in [0, 0.1) is 11.3 Å². The molecule has 108 valence electrons. The van der Waals surface area contributed by atoms with Gasteiger partial charge in [0.25, 0.3) is 0 Å². The lowest BCUT2D eigenvalue weighted by Crippen LogP contribution is -2.36. The lowest BCUT2D eigenvalue weighted by atomic mass is 9.64. The van der Waals surface area contributed by atoms with Crippen molar-refractivity contribution in [3.63, 3.8) is 0 Å². The van der Waals surface area contributed by atoms with Crippen molar-refractivity contribution in [2.45, 2.75) is 58.5 Å². The molecule has 1 aromatic carbocycles. The summed E-state index contributed by atoms with van der Waals surface area (Å²) in [6.45, 7) is 6.86. The Morgan fingerprint density at radius 1 is 1.10 bits per heavy atom. The molecule has 0 aromatic heterocycles. The third-order valence-electron chi connectivity index (χ3n) is 4.89. The smallest absolute Gasteiger partial charge is 0.338 e. The van der Waals surface area contributed by atoms with Crippen LogP contribution in [0.25, 0.3) is 0 Å². The van der Waals surface area contributed by atoms with E-state index in [4.69, 9.17) is 4.74 Å². The van der Waals surface area contributed by atoms with Crippen LogP contribution in [0.3, 0.4) is 0 Å². The van der Waals surface area contributed by atoms with Gasteiger partial charge in [-0.25, -0.2) is 4.79 Å². The highest BCUT2D eigenvalue weighted by Gasteiger charge is 2.44. The monoisotopic (exact) mass is 272 g/mol. The molecule has 2 nitrogen and oxygen atoms in total. The molecule has 1 aliphatic heterocycles. The predicted octanol–water partition coefficient (Wildman–Crippen LogP) is 4.55. The summed E-state index contributed by atoms with van der Waals surface area (Å²) in [6.07, 6.45) is 4.74. The molecule has 2 aliphatic rings. The summed E-state index contributed by atoms with van der Waals surface area (Å²) in [7, 11) is 0. The molecule has 3 unspecified atom stereocenters. The summed E-state index contributed by atoms with van der Waals surface area (Å²) in [4.78, 5) is 12.4. The van der Waals surface area contributed by atoms with Gasteiger partial charge in [-0.3, -0.25) is 0 Å². The topological polar surface area (TPSA) is 26.3 Å². The van der Waals surface area contributed by atoms with Crippen LogP contribution in [0.5, 0.6) is 0 Å². The van der Waals surface area contributed by atoms with Crippen LogP contribution in [0.2, 0.25) is 0 Å². The van der Waals surface area contributed by atoms with Gasteiger partial charge in [-0.15, -0.1) is 0 Å². The first-order chi connectivity index (χ1) is 9.48. The van der Waals surface area contributed by atoms with E-state index in [1.165, 1.54) is 24.8 Å². The summed E-state index contributed by atoms with van der Waals surface area (Å²) in [5, 5.41) is 0. The van der Waals surface area contributed by atoms with Gasteiger partial charge in [-0.05, 0) is 42.2 Å². The van der Waals surface area contributed by atoms with E-state index in [-0.39, 0.29) is 17.5 Å². The van der Waals surface area contributed by atoms with E-state index in [0.717, 1.165) is 12.0 Å². The first kappa shape index (κ1) is 13.7. The molecule has 0 N–H and O–H groups in total. The Hall–Kier alpha value is -1.31. The quantitative estimate of drug-likeness (QED) is 0.648. The van der Waals surface area contributed by atoms with Crippen LogP contribution in [0.1, 0.15) is 68.3 Å². The fourth-order valence-electron chi connectivity index (χ4n) is 4.15. The number of esters is 1. The Morgan fingerprint density at radius 2 is 1.80 bits per heavy atom. The molecule has 0 amide bonds. The molecule has 0 saturated heterocycles. The number of hydrogen-bond donors (Lipinski definition) is 0. The number of carbonyl (C=O) groups is 1. The normalized spacial score (nSPS) is 29.9. The van der Waals surface area contributed by atoms with Crippen LogP contribution >= 0.6 is 0 Å². The summed E-state index contributed by atoms with van der Waals surface area (Å²) in [5.41, 5.74) is 2.12. The molecule has 1 fully saturated rings. The average molecular weight is 272 g/mol. The zero-order valence-electron chi connectivity index (χ0n) is 12.7. The SMILES string of the molecule is CC(C)(C)C1c2ccccc2C(=O)OC2CCCCC21. The molecule has 20 heavy (non-hydrogen) atoms. The summed E-state index contributed by atoms with van der Waals surface area (Å²) in [6, 6.07) is 8.04. The molecular weight excluding hydrogens is 248 g/mol. The van der Waals surface area contributed by atoms with Gasteiger partial charge in [0.1, 0.15) is 6.10 Å². The fraction of sp³-hybridized carbons (Fsp3) is 0.611. The lowest BCUT2D eigenvalue weighted by molar-refractivity contribution is -0.00840. The molecule has 3 atom stereocenters. The van der Waals surface area contributed by atoms with Gasteiger partial charge >= 0.3 is 5.97 Å². The largest absolute Gasteiger partial charge is 0.458 e. The number of rotatable bonds is 0. The average Bonchev–Trinajstić information content (AvgIpc) is 2.52. The summed E-state index contributed by atoms with van der Waals surface area (Å²) < 4.78 is 5.83. The van der Waals surface area contributed by atoms with Crippen molar-refractivity contribution >= 4 is 5.97 Å². The molecule has 2 heteroatoms. The number of ether oxygens (including phenoxy) is 1. The van der Waals surface area contributed by atoms with Crippen LogP contribution in [0.15, 0.2) is 24.3 Å². The van der Waals surface area contributed by atoms with Crippen molar-refractivity contribution in [1.29, 1.82) is 0 Å². The Morgan fingerprint density at radius 3 is 2.55 bits per heavy atom. The Bertz CT molecular complexity index is 512. The zero-order valence-corrected chi connectivity index (χ0v) is 12.7. The van der Waals surface area contributed by atoms with E-state index in [1.807, 2.05) is 18.2 Å². The lowest BCUT2D eigenvalue weighted by Gasteiger charge is -2.41. The minimum Gasteiger partial charge on any atom is -0.458 e. The molecule has 1 saturated carbocycles. The third-order valence-corrected chi connectivity index (χ3v) is 4.89. The maximum absolute atomic E-state index is 12.4. The molecule has 0 bridgehead atoms. The van der Waals surface area contributed by atoms with E-state index < -0.39 is 0 Å². The van der Waals surface area contributed by atoms with Gasteiger partial charge in [-0.1, -0.05) is 45.4 Å². The first-order valence-electron chi connectivity index (χ1n) is 7.78. The minimum absolute atomic E-state index is 0.105. The highest BCUT2D eigenvalue weighted by Crippen LogP contribution is 2.49. The van der Waals surface area contributed by atoms with Crippen molar-refractivity contribution in [2.75, 3.05) is 0 Å². The second-order valence-corrected chi connectivity index (χ2v) is 7.32. The van der Waals surface area contributed by atoms with Crippen molar-refractivity contribution in [3.8, 4) is 0 Å². The molecule has 0 radical (unpaired) electrons. The van der Waals surface area contributed by atoms with Gasteiger partial charge < -0.3 is 4.74 Å². The highest BCUT2D eigenvalue weighted by atomic mass is 16.5. The third kappa shape index (κ3) is 2.25. The van der Waals surface area contributed by atoms with Crippen LogP contribution in [-0.4, -0.2) is 12.1 Å². The second-order valence-electron chi connectivity index (χ2n) is 7.32. The zero-order chi connectivity index (χ0) is 14.3. The molecule has 0 spiro atoms. The van der Waals surface area contributed by atoms with E-state index in [0.29, 0.717) is 11.8 Å². The van der Waals surface area contributed by atoms with Gasteiger partial charge in [0, 0.05) is 5.92 Å². The maximum Gasteiger partial charge on any atom is 0.338 e. The van der Waals surface area contributed by atoms with E-state index >= 15 is 0 Å². The van der Waals surface area contributed by atoms with E-state index in [2.05, 4.69) is 26.8 Å². The fourth-order valence-corrected chi connectivity index (χ4v) is 4.15. The van der Waals surface area contributed by atoms with Crippen molar-refractivity contribution in [2.24, 2.45) is 11.3 Å². The van der Waals surface area contributed by atoms with Crippen LogP contribution in [0.4, 0.5) is 0 Å². The second kappa shape index (κ2) is 4.91. The minimum atomic E-state index is -0.121. The molecular formula is C18H24O2. The van der Waals surface area contributed by atoms with Crippen molar-refractivity contribution < 1.29 is 9.53 Å². The summed E-state index contributed by atoms with van der Waals surface area (Å²) in [5.74, 6) is 0.746. The summed E-state index contributed by atoms with van der Waals surface area (Å²) >= 11 is 0. The van der Waals surface area contributed by atoms with Crippen LogP contribution in [-0.2, 0) is 4.74 Å². The molecule has 1 aliphatic carbocycles. The Kier molecular flexibility index (Phi) is 3.35. The van der Waals surface area contributed by atoms with Gasteiger partial charge in [-0.2, -0.15) is 0 Å². The first-order valence-corrected chi connectivity index (χ1v) is 7.78.